The first-order valence-corrected chi connectivity index (χ1v) is 13.2. The molecule has 0 radical (unpaired) electrons. The summed E-state index contributed by atoms with van der Waals surface area (Å²) in [4.78, 5) is 24.9. The average Bonchev–Trinajstić information content (AvgIpc) is 2.90. The summed E-state index contributed by atoms with van der Waals surface area (Å²) in [6.07, 6.45) is 1.39. The van der Waals surface area contributed by atoms with Crippen LogP contribution in [0.15, 0.2) is 107 Å². The van der Waals surface area contributed by atoms with E-state index in [1.54, 1.807) is 60.7 Å². The molecule has 0 bridgehead atoms. The lowest BCUT2D eigenvalue weighted by Crippen LogP contribution is -2.21. The van der Waals surface area contributed by atoms with E-state index in [1.807, 2.05) is 0 Å². The molecule has 0 saturated carbocycles. The molecule has 11 heteroatoms. The number of anilines is 1. The number of carbonyl (C=O) groups is 2. The number of rotatable bonds is 8. The minimum Gasteiger partial charge on any atom is -0.423 e. The summed E-state index contributed by atoms with van der Waals surface area (Å²) in [5.41, 5.74) is 3.52. The molecular formula is C27H19Cl2N3O5S. The molecule has 4 aromatic rings. The first-order chi connectivity index (χ1) is 18.2. The number of hydrogen-bond acceptors (Lipinski definition) is 6. The fourth-order valence-corrected chi connectivity index (χ4v) is 4.52. The lowest BCUT2D eigenvalue weighted by Gasteiger charge is -2.11. The second-order valence-electron chi connectivity index (χ2n) is 7.77. The van der Waals surface area contributed by atoms with Gasteiger partial charge in [0.15, 0.2) is 0 Å². The summed E-state index contributed by atoms with van der Waals surface area (Å²) in [7, 11) is -3.95. The van der Waals surface area contributed by atoms with E-state index in [9.17, 15) is 18.0 Å². The van der Waals surface area contributed by atoms with Crippen LogP contribution in [-0.4, -0.2) is 26.5 Å². The van der Waals surface area contributed by atoms with Crippen LogP contribution in [0.5, 0.6) is 5.75 Å². The van der Waals surface area contributed by atoms with Gasteiger partial charge in [0, 0.05) is 10.0 Å². The summed E-state index contributed by atoms with van der Waals surface area (Å²) < 4.78 is 33.2. The summed E-state index contributed by atoms with van der Waals surface area (Å²) in [5, 5.41) is 4.85. The third kappa shape index (κ3) is 6.98. The van der Waals surface area contributed by atoms with Crippen LogP contribution in [-0.2, 0) is 10.0 Å². The molecule has 0 aliphatic carbocycles. The van der Waals surface area contributed by atoms with E-state index in [1.165, 1.54) is 42.6 Å². The molecule has 0 aromatic heterocycles. The Labute approximate surface area is 228 Å². The van der Waals surface area contributed by atoms with E-state index in [4.69, 9.17) is 27.9 Å². The van der Waals surface area contributed by atoms with Crippen LogP contribution in [0, 0.1) is 0 Å². The van der Waals surface area contributed by atoms with Crippen molar-refractivity contribution in [1.29, 1.82) is 0 Å². The topological polar surface area (TPSA) is 114 Å². The summed E-state index contributed by atoms with van der Waals surface area (Å²) in [5.74, 6) is -0.821. The number of esters is 1. The molecule has 0 aliphatic rings. The average molecular weight is 568 g/mol. The van der Waals surface area contributed by atoms with Gasteiger partial charge in [-0.05, 0) is 90.5 Å². The van der Waals surface area contributed by atoms with Crippen LogP contribution in [0.25, 0.3) is 0 Å². The second kappa shape index (κ2) is 11.9. The van der Waals surface area contributed by atoms with E-state index in [0.717, 1.165) is 0 Å². The van der Waals surface area contributed by atoms with Gasteiger partial charge in [-0.15, -0.1) is 0 Å². The second-order valence-corrected chi connectivity index (χ2v) is 10.3. The minimum absolute atomic E-state index is 0.00238. The lowest BCUT2D eigenvalue weighted by molar-refractivity contribution is 0.0734. The number of para-hydroxylation sites is 1. The SMILES string of the molecule is O=C(Oc1ccc(/C=N\NC(=O)c2ccccc2NS(=O)(=O)c2ccc(Cl)cc2)cc1)c1ccc(Cl)cc1. The Morgan fingerprint density at radius 3 is 2.05 bits per heavy atom. The zero-order valence-corrected chi connectivity index (χ0v) is 21.8. The highest BCUT2D eigenvalue weighted by Crippen LogP contribution is 2.21. The smallest absolute Gasteiger partial charge is 0.343 e. The zero-order valence-electron chi connectivity index (χ0n) is 19.5. The van der Waals surface area contributed by atoms with E-state index in [2.05, 4.69) is 15.2 Å². The Bertz CT molecular complexity index is 1590. The Balaban J connectivity index is 1.38. The van der Waals surface area contributed by atoms with Crippen molar-refractivity contribution in [2.24, 2.45) is 5.10 Å². The maximum absolute atomic E-state index is 12.7. The number of amides is 1. The predicted molar refractivity (Wildman–Crippen MR) is 147 cm³/mol. The number of halogens is 2. The quantitative estimate of drug-likeness (QED) is 0.121. The van der Waals surface area contributed by atoms with Gasteiger partial charge in [0.2, 0.25) is 0 Å². The van der Waals surface area contributed by atoms with Crippen LogP contribution < -0.4 is 14.9 Å². The fraction of sp³-hybridized carbons (Fsp3) is 0. The van der Waals surface area contributed by atoms with Gasteiger partial charge in [0.1, 0.15) is 5.75 Å². The van der Waals surface area contributed by atoms with Crippen molar-refractivity contribution < 1.29 is 22.7 Å². The largest absolute Gasteiger partial charge is 0.423 e. The van der Waals surface area contributed by atoms with Gasteiger partial charge in [-0.1, -0.05) is 35.3 Å². The molecule has 0 unspecified atom stereocenters. The number of ether oxygens (including phenoxy) is 1. The summed E-state index contributed by atoms with van der Waals surface area (Å²) in [6.45, 7) is 0. The first kappa shape index (κ1) is 26.9. The fourth-order valence-electron chi connectivity index (χ4n) is 3.19. The van der Waals surface area contributed by atoms with Gasteiger partial charge in [0.05, 0.1) is 27.9 Å². The molecule has 4 aromatic carbocycles. The van der Waals surface area contributed by atoms with Gasteiger partial charge in [-0.2, -0.15) is 5.10 Å². The normalized spacial score (nSPS) is 11.2. The highest BCUT2D eigenvalue weighted by molar-refractivity contribution is 7.92. The molecule has 0 heterocycles. The number of nitrogens with zero attached hydrogens (tertiary/aromatic N) is 1. The van der Waals surface area contributed by atoms with Crippen LogP contribution >= 0.6 is 23.2 Å². The molecule has 1 amide bonds. The third-order valence-corrected chi connectivity index (χ3v) is 6.98. The predicted octanol–water partition coefficient (Wildman–Crippen LogP) is 5.78. The maximum Gasteiger partial charge on any atom is 0.343 e. The van der Waals surface area contributed by atoms with Gasteiger partial charge < -0.3 is 4.74 Å². The molecule has 0 spiro atoms. The summed E-state index contributed by atoms with van der Waals surface area (Å²) >= 11 is 11.7. The molecule has 0 saturated heterocycles. The standard InChI is InChI=1S/C27H19Cl2N3O5S/c28-20-9-7-19(8-10-20)27(34)37-22-13-5-18(6-14-22)17-30-31-26(33)24-3-1-2-4-25(24)32-38(35,36)23-15-11-21(29)12-16-23/h1-17,32H,(H,31,33)/b30-17-. The minimum atomic E-state index is -3.95. The van der Waals surface area contributed by atoms with Crippen LogP contribution in [0.3, 0.4) is 0 Å². The number of hydrazone groups is 1. The number of sulfonamides is 1. The molecule has 0 fully saturated rings. The molecule has 0 aliphatic heterocycles. The van der Waals surface area contributed by atoms with E-state index in [-0.39, 0.29) is 16.1 Å². The number of hydrogen-bond donors (Lipinski definition) is 2. The van der Waals surface area contributed by atoms with Crippen molar-refractivity contribution >= 4 is 57.0 Å². The molecule has 8 nitrogen and oxygen atoms in total. The Morgan fingerprint density at radius 2 is 1.39 bits per heavy atom. The molecule has 0 atom stereocenters. The Morgan fingerprint density at radius 1 is 0.789 bits per heavy atom. The number of carbonyl (C=O) groups excluding carboxylic acids is 2. The highest BCUT2D eigenvalue weighted by Gasteiger charge is 2.18. The van der Waals surface area contributed by atoms with Crippen molar-refractivity contribution in [3.05, 3.63) is 124 Å². The van der Waals surface area contributed by atoms with Gasteiger partial charge >= 0.3 is 5.97 Å². The van der Waals surface area contributed by atoms with Crippen molar-refractivity contribution in [2.45, 2.75) is 4.90 Å². The van der Waals surface area contributed by atoms with Crippen molar-refractivity contribution in [3.63, 3.8) is 0 Å². The van der Waals surface area contributed by atoms with Gasteiger partial charge in [-0.3, -0.25) is 9.52 Å². The van der Waals surface area contributed by atoms with E-state index in [0.29, 0.717) is 26.9 Å². The maximum atomic E-state index is 12.7. The van der Waals surface area contributed by atoms with Gasteiger partial charge in [0.25, 0.3) is 15.9 Å². The zero-order chi connectivity index (χ0) is 27.1. The summed E-state index contributed by atoms with van der Waals surface area (Å²) in [6, 6.07) is 24.6. The highest BCUT2D eigenvalue weighted by atomic mass is 35.5. The van der Waals surface area contributed by atoms with E-state index >= 15 is 0 Å². The molecule has 192 valence electrons. The molecule has 4 rings (SSSR count). The Kier molecular flexibility index (Phi) is 8.42. The monoisotopic (exact) mass is 567 g/mol. The number of benzene rings is 4. The molecular weight excluding hydrogens is 549 g/mol. The van der Waals surface area contributed by atoms with Gasteiger partial charge in [-0.25, -0.2) is 18.6 Å². The van der Waals surface area contributed by atoms with Crippen LogP contribution in [0.1, 0.15) is 26.3 Å². The van der Waals surface area contributed by atoms with Crippen LogP contribution in [0.2, 0.25) is 10.0 Å². The van der Waals surface area contributed by atoms with Crippen molar-refractivity contribution in [2.75, 3.05) is 4.72 Å². The third-order valence-electron chi connectivity index (χ3n) is 5.09. The number of nitrogens with one attached hydrogen (secondary N) is 2. The first-order valence-electron chi connectivity index (χ1n) is 11.0. The van der Waals surface area contributed by atoms with Crippen LogP contribution in [0.4, 0.5) is 5.69 Å². The molecule has 38 heavy (non-hydrogen) atoms. The molecule has 2 N–H and O–H groups in total. The Hall–Kier alpha value is -4.18. The lowest BCUT2D eigenvalue weighted by atomic mass is 10.2. The van der Waals surface area contributed by atoms with Crippen molar-refractivity contribution in [3.8, 4) is 5.75 Å². The van der Waals surface area contributed by atoms with Crippen molar-refractivity contribution in [1.82, 2.24) is 5.43 Å². The van der Waals surface area contributed by atoms with E-state index < -0.39 is 21.9 Å².